The molecule has 1 fully saturated rings. The SMILES string of the molecule is CC(C)(C)OC(=O)N1CCN(c2ccc(C(=O)O)cc2)C[C@H]1Cc1ccccc1. The van der Waals surface area contributed by atoms with E-state index < -0.39 is 11.6 Å². The Labute approximate surface area is 171 Å². The first-order chi connectivity index (χ1) is 13.7. The summed E-state index contributed by atoms with van der Waals surface area (Å²) in [6.07, 6.45) is 0.434. The number of rotatable bonds is 4. The van der Waals surface area contributed by atoms with E-state index in [4.69, 9.17) is 9.84 Å². The minimum atomic E-state index is -0.937. The zero-order chi connectivity index (χ0) is 21.0. The van der Waals surface area contributed by atoms with Crippen LogP contribution in [0.3, 0.4) is 0 Å². The van der Waals surface area contributed by atoms with Crippen LogP contribution in [0.25, 0.3) is 0 Å². The van der Waals surface area contributed by atoms with Crippen LogP contribution in [-0.2, 0) is 11.2 Å². The maximum Gasteiger partial charge on any atom is 0.410 e. The fourth-order valence-electron chi connectivity index (χ4n) is 3.53. The van der Waals surface area contributed by atoms with E-state index in [-0.39, 0.29) is 17.7 Å². The van der Waals surface area contributed by atoms with Gasteiger partial charge in [-0.1, -0.05) is 30.3 Å². The van der Waals surface area contributed by atoms with E-state index in [2.05, 4.69) is 17.0 Å². The third-order valence-electron chi connectivity index (χ3n) is 4.90. The van der Waals surface area contributed by atoms with Gasteiger partial charge in [0.1, 0.15) is 5.60 Å². The smallest absolute Gasteiger partial charge is 0.410 e. The predicted octanol–water partition coefficient (Wildman–Crippen LogP) is 4.05. The molecular weight excluding hydrogens is 368 g/mol. The number of benzene rings is 2. The van der Waals surface area contributed by atoms with Crippen LogP contribution >= 0.6 is 0 Å². The molecule has 1 aliphatic rings. The van der Waals surface area contributed by atoms with Crippen molar-refractivity contribution in [2.45, 2.75) is 38.8 Å². The van der Waals surface area contributed by atoms with Crippen molar-refractivity contribution in [2.75, 3.05) is 24.5 Å². The molecule has 1 heterocycles. The molecule has 1 saturated heterocycles. The second kappa shape index (κ2) is 8.55. The lowest BCUT2D eigenvalue weighted by Gasteiger charge is -2.42. The summed E-state index contributed by atoms with van der Waals surface area (Å²) in [6.45, 7) is 7.48. The molecule has 0 spiro atoms. The first-order valence-corrected chi connectivity index (χ1v) is 9.85. The third-order valence-corrected chi connectivity index (χ3v) is 4.90. The van der Waals surface area contributed by atoms with E-state index >= 15 is 0 Å². The highest BCUT2D eigenvalue weighted by Gasteiger charge is 2.33. The molecular formula is C23H28N2O4. The van der Waals surface area contributed by atoms with Crippen molar-refractivity contribution in [1.29, 1.82) is 0 Å². The molecule has 6 nitrogen and oxygen atoms in total. The molecule has 29 heavy (non-hydrogen) atoms. The maximum atomic E-state index is 12.8. The number of carboxylic acids is 1. The van der Waals surface area contributed by atoms with Gasteiger partial charge < -0.3 is 19.6 Å². The predicted molar refractivity (Wildman–Crippen MR) is 112 cm³/mol. The highest BCUT2D eigenvalue weighted by molar-refractivity contribution is 5.88. The number of hydrogen-bond acceptors (Lipinski definition) is 4. The molecule has 0 unspecified atom stereocenters. The number of piperazine rings is 1. The first-order valence-electron chi connectivity index (χ1n) is 9.85. The van der Waals surface area contributed by atoms with Gasteiger partial charge in [0.15, 0.2) is 0 Å². The minimum absolute atomic E-state index is 0.0415. The lowest BCUT2D eigenvalue weighted by atomic mass is 10.0. The van der Waals surface area contributed by atoms with Crippen LogP contribution in [0.4, 0.5) is 10.5 Å². The van der Waals surface area contributed by atoms with Crippen LogP contribution < -0.4 is 4.90 Å². The molecule has 0 radical (unpaired) electrons. The fraction of sp³-hybridized carbons (Fsp3) is 0.391. The van der Waals surface area contributed by atoms with Gasteiger partial charge in [0.25, 0.3) is 0 Å². The molecule has 1 N–H and O–H groups in total. The third kappa shape index (κ3) is 5.50. The van der Waals surface area contributed by atoms with Crippen LogP contribution in [-0.4, -0.2) is 53.3 Å². The van der Waals surface area contributed by atoms with Crippen molar-refractivity contribution < 1.29 is 19.4 Å². The summed E-state index contributed by atoms with van der Waals surface area (Å²) in [5.41, 5.74) is 1.84. The van der Waals surface area contributed by atoms with Crippen LogP contribution in [0.1, 0.15) is 36.7 Å². The van der Waals surface area contributed by atoms with E-state index in [0.29, 0.717) is 19.6 Å². The molecule has 2 aromatic carbocycles. The van der Waals surface area contributed by atoms with E-state index in [1.807, 2.05) is 56.0 Å². The highest BCUT2D eigenvalue weighted by Crippen LogP contribution is 2.23. The Kier molecular flexibility index (Phi) is 6.11. The first kappa shape index (κ1) is 20.7. The summed E-state index contributed by atoms with van der Waals surface area (Å²) in [7, 11) is 0. The number of hydrogen-bond donors (Lipinski definition) is 1. The second-order valence-electron chi connectivity index (χ2n) is 8.32. The summed E-state index contributed by atoms with van der Waals surface area (Å²) >= 11 is 0. The van der Waals surface area contributed by atoms with Gasteiger partial charge in [-0.05, 0) is 57.0 Å². The number of carboxylic acid groups (broad SMARTS) is 1. The zero-order valence-corrected chi connectivity index (χ0v) is 17.2. The van der Waals surface area contributed by atoms with Crippen LogP contribution in [0, 0.1) is 0 Å². The van der Waals surface area contributed by atoms with Crippen molar-refractivity contribution in [3.63, 3.8) is 0 Å². The Bertz CT molecular complexity index is 843. The van der Waals surface area contributed by atoms with Crippen molar-refractivity contribution in [2.24, 2.45) is 0 Å². The summed E-state index contributed by atoms with van der Waals surface area (Å²) in [6, 6.07) is 16.9. The molecule has 0 saturated carbocycles. The average molecular weight is 396 g/mol. The number of amides is 1. The Morgan fingerprint density at radius 1 is 1.03 bits per heavy atom. The largest absolute Gasteiger partial charge is 0.478 e. The fourth-order valence-corrected chi connectivity index (χ4v) is 3.53. The molecule has 1 amide bonds. The quantitative estimate of drug-likeness (QED) is 0.844. The molecule has 3 rings (SSSR count). The number of anilines is 1. The van der Waals surface area contributed by atoms with Gasteiger partial charge in [-0.25, -0.2) is 9.59 Å². The van der Waals surface area contributed by atoms with Gasteiger partial charge in [0.05, 0.1) is 11.6 Å². The van der Waals surface area contributed by atoms with E-state index in [0.717, 1.165) is 17.7 Å². The normalized spacial score (nSPS) is 17.1. The van der Waals surface area contributed by atoms with Crippen LogP contribution in [0.2, 0.25) is 0 Å². The molecule has 0 aromatic heterocycles. The average Bonchev–Trinajstić information content (AvgIpc) is 2.67. The number of carbonyl (C=O) groups excluding carboxylic acids is 1. The van der Waals surface area contributed by atoms with E-state index in [9.17, 15) is 9.59 Å². The topological polar surface area (TPSA) is 70.1 Å². The molecule has 1 aliphatic heterocycles. The van der Waals surface area contributed by atoms with Crippen molar-refractivity contribution in [3.05, 3.63) is 65.7 Å². The standard InChI is InChI=1S/C23H28N2O4/c1-23(2,3)29-22(28)25-14-13-24(19-11-9-18(10-12-19)21(26)27)16-20(25)15-17-7-5-4-6-8-17/h4-12,20H,13-16H2,1-3H3,(H,26,27)/t20-/m1/s1. The number of aromatic carboxylic acids is 1. The molecule has 0 bridgehead atoms. The highest BCUT2D eigenvalue weighted by atomic mass is 16.6. The van der Waals surface area contributed by atoms with Gasteiger partial charge in [0, 0.05) is 25.3 Å². The van der Waals surface area contributed by atoms with Crippen molar-refractivity contribution in [1.82, 2.24) is 4.90 Å². The number of nitrogens with zero attached hydrogens (tertiary/aromatic N) is 2. The van der Waals surface area contributed by atoms with Gasteiger partial charge in [0.2, 0.25) is 0 Å². The maximum absolute atomic E-state index is 12.8. The van der Waals surface area contributed by atoms with Crippen LogP contribution in [0.15, 0.2) is 54.6 Å². The van der Waals surface area contributed by atoms with Crippen molar-refractivity contribution in [3.8, 4) is 0 Å². The Morgan fingerprint density at radius 3 is 2.28 bits per heavy atom. The second-order valence-corrected chi connectivity index (χ2v) is 8.32. The molecule has 0 aliphatic carbocycles. The molecule has 154 valence electrons. The zero-order valence-electron chi connectivity index (χ0n) is 17.2. The lowest BCUT2D eigenvalue weighted by Crippen LogP contribution is -2.57. The van der Waals surface area contributed by atoms with Gasteiger partial charge >= 0.3 is 12.1 Å². The summed E-state index contributed by atoms with van der Waals surface area (Å²) < 4.78 is 5.63. The van der Waals surface area contributed by atoms with Gasteiger partial charge in [-0.15, -0.1) is 0 Å². The monoisotopic (exact) mass is 396 g/mol. The summed E-state index contributed by atoms with van der Waals surface area (Å²) in [5.74, 6) is -0.937. The van der Waals surface area contributed by atoms with Crippen LogP contribution in [0.5, 0.6) is 0 Å². The summed E-state index contributed by atoms with van der Waals surface area (Å²) in [4.78, 5) is 27.9. The van der Waals surface area contributed by atoms with Gasteiger partial charge in [-0.2, -0.15) is 0 Å². The van der Waals surface area contributed by atoms with Gasteiger partial charge in [-0.3, -0.25) is 0 Å². The van der Waals surface area contributed by atoms with Crippen molar-refractivity contribution >= 4 is 17.7 Å². The summed E-state index contributed by atoms with van der Waals surface area (Å²) in [5, 5.41) is 9.11. The Hall–Kier alpha value is -3.02. The Morgan fingerprint density at radius 2 is 1.69 bits per heavy atom. The number of carbonyl (C=O) groups is 2. The lowest BCUT2D eigenvalue weighted by molar-refractivity contribution is 0.0141. The molecule has 1 atom stereocenters. The minimum Gasteiger partial charge on any atom is -0.478 e. The molecule has 6 heteroatoms. The molecule has 2 aromatic rings. The number of ether oxygens (including phenoxy) is 1. The Balaban J connectivity index is 1.79. The van der Waals surface area contributed by atoms with E-state index in [1.165, 1.54) is 0 Å². The van der Waals surface area contributed by atoms with E-state index in [1.54, 1.807) is 12.1 Å².